The lowest BCUT2D eigenvalue weighted by molar-refractivity contribution is -0.118. The van der Waals surface area contributed by atoms with Gasteiger partial charge in [-0.15, -0.1) is 0 Å². The van der Waals surface area contributed by atoms with Crippen LogP contribution in [0, 0.1) is 5.92 Å². The third kappa shape index (κ3) is 5.59. The van der Waals surface area contributed by atoms with Gasteiger partial charge in [-0.1, -0.05) is 23.2 Å². The Labute approximate surface area is 167 Å². The second-order valence-electron chi connectivity index (χ2n) is 7.64. The van der Waals surface area contributed by atoms with E-state index in [2.05, 4.69) is 20.8 Å². The number of anilines is 1. The van der Waals surface area contributed by atoms with Crippen molar-refractivity contribution in [3.05, 3.63) is 28.2 Å². The topological polar surface area (TPSA) is 26.8 Å². The van der Waals surface area contributed by atoms with Crippen molar-refractivity contribution < 1.29 is 4.79 Å². The zero-order valence-electron chi connectivity index (χ0n) is 15.6. The quantitative estimate of drug-likeness (QED) is 0.728. The lowest BCUT2D eigenvalue weighted by Gasteiger charge is -2.37. The van der Waals surface area contributed by atoms with Gasteiger partial charge in [-0.25, -0.2) is 0 Å². The number of nitrogens with zero attached hydrogens (tertiary/aromatic N) is 3. The van der Waals surface area contributed by atoms with Crippen molar-refractivity contribution in [1.82, 2.24) is 9.80 Å². The molecule has 1 aromatic carbocycles. The van der Waals surface area contributed by atoms with Crippen LogP contribution in [0.3, 0.4) is 0 Å². The van der Waals surface area contributed by atoms with Crippen LogP contribution >= 0.6 is 23.2 Å². The number of piperazine rings is 1. The third-order valence-corrected chi connectivity index (χ3v) is 6.39. The third-order valence-electron chi connectivity index (χ3n) is 5.65. The van der Waals surface area contributed by atoms with Crippen LogP contribution in [0.15, 0.2) is 18.2 Å². The molecule has 0 radical (unpaired) electrons. The zero-order valence-corrected chi connectivity index (χ0v) is 17.1. The summed E-state index contributed by atoms with van der Waals surface area (Å²) in [6.45, 7) is 9.93. The van der Waals surface area contributed by atoms with Crippen LogP contribution in [-0.2, 0) is 4.79 Å². The van der Waals surface area contributed by atoms with Crippen molar-refractivity contribution in [2.45, 2.75) is 26.2 Å². The number of Topliss-reactive ketones (excluding diaryl/α,β-unsaturated/α-hetero) is 1. The van der Waals surface area contributed by atoms with Crippen LogP contribution < -0.4 is 4.90 Å². The maximum Gasteiger partial charge on any atom is 0.143 e. The Kier molecular flexibility index (Phi) is 7.21. The van der Waals surface area contributed by atoms with Crippen LogP contribution in [-0.4, -0.2) is 67.9 Å². The second kappa shape index (κ2) is 9.41. The fourth-order valence-electron chi connectivity index (χ4n) is 4.02. The van der Waals surface area contributed by atoms with E-state index in [0.29, 0.717) is 16.6 Å². The number of benzene rings is 1. The molecule has 0 unspecified atom stereocenters. The Morgan fingerprint density at radius 3 is 2.31 bits per heavy atom. The number of ketones is 1. The molecule has 0 amide bonds. The van der Waals surface area contributed by atoms with E-state index in [1.807, 2.05) is 12.1 Å². The summed E-state index contributed by atoms with van der Waals surface area (Å²) in [6, 6.07) is 5.90. The highest BCUT2D eigenvalue weighted by Gasteiger charge is 2.22. The number of carbonyl (C=O) groups is 1. The lowest BCUT2D eigenvalue weighted by Crippen LogP contribution is -2.47. The fourth-order valence-corrected chi connectivity index (χ4v) is 4.32. The molecular formula is C20H29Cl2N3O. The largest absolute Gasteiger partial charge is 0.369 e. The molecule has 0 saturated carbocycles. The van der Waals surface area contributed by atoms with Gasteiger partial charge >= 0.3 is 0 Å². The van der Waals surface area contributed by atoms with Crippen molar-refractivity contribution in [2.24, 2.45) is 5.92 Å². The highest BCUT2D eigenvalue weighted by Crippen LogP contribution is 2.28. The molecule has 3 rings (SSSR count). The summed E-state index contributed by atoms with van der Waals surface area (Å²) in [5.74, 6) is 1.09. The van der Waals surface area contributed by atoms with E-state index in [1.165, 1.54) is 25.8 Å². The Balaban J connectivity index is 1.37. The van der Waals surface area contributed by atoms with Crippen LogP contribution in [0.2, 0.25) is 10.0 Å². The average Bonchev–Trinajstić information content (AvgIpc) is 2.63. The summed E-state index contributed by atoms with van der Waals surface area (Å²) in [7, 11) is 0. The summed E-state index contributed by atoms with van der Waals surface area (Å²) in [5, 5.41) is 1.24. The molecule has 26 heavy (non-hydrogen) atoms. The molecule has 144 valence electrons. The van der Waals surface area contributed by atoms with Gasteiger partial charge in [0.1, 0.15) is 5.78 Å². The molecule has 4 nitrogen and oxygen atoms in total. The van der Waals surface area contributed by atoms with Gasteiger partial charge in [-0.2, -0.15) is 0 Å². The minimum atomic E-state index is 0.281. The molecule has 2 fully saturated rings. The average molecular weight is 398 g/mol. The minimum absolute atomic E-state index is 0.281. The normalized spacial score (nSPS) is 20.5. The highest BCUT2D eigenvalue weighted by molar-refractivity contribution is 6.42. The molecule has 2 aliphatic rings. The first-order valence-electron chi connectivity index (χ1n) is 9.65. The standard InChI is InChI=1S/C20H29Cl2N3O/c1-16(26)15-24-8-5-17(6-9-24)4-7-23-10-12-25(13-11-23)18-2-3-19(21)20(22)14-18/h2-3,14,17H,4-13,15H2,1H3. The molecule has 2 heterocycles. The molecule has 0 aromatic heterocycles. The maximum atomic E-state index is 11.2. The van der Waals surface area contributed by atoms with Crippen LogP contribution in [0.1, 0.15) is 26.2 Å². The smallest absolute Gasteiger partial charge is 0.143 e. The van der Waals surface area contributed by atoms with Crippen LogP contribution in [0.25, 0.3) is 0 Å². The monoisotopic (exact) mass is 397 g/mol. The summed E-state index contributed by atoms with van der Waals surface area (Å²) >= 11 is 12.2. The number of carbonyl (C=O) groups excluding carboxylic acids is 1. The van der Waals surface area contributed by atoms with Crippen molar-refractivity contribution >= 4 is 34.7 Å². The van der Waals surface area contributed by atoms with Gasteiger partial charge in [0.25, 0.3) is 0 Å². The predicted octanol–water partition coefficient (Wildman–Crippen LogP) is 3.81. The molecule has 0 spiro atoms. The Hall–Kier alpha value is -0.810. The van der Waals surface area contributed by atoms with Crippen LogP contribution in [0.5, 0.6) is 0 Å². The second-order valence-corrected chi connectivity index (χ2v) is 8.45. The predicted molar refractivity (Wildman–Crippen MR) is 110 cm³/mol. The first kappa shape index (κ1) is 19.9. The fraction of sp³-hybridized carbons (Fsp3) is 0.650. The highest BCUT2D eigenvalue weighted by atomic mass is 35.5. The van der Waals surface area contributed by atoms with Gasteiger partial charge in [0, 0.05) is 31.9 Å². The van der Waals surface area contributed by atoms with Crippen molar-refractivity contribution in [3.8, 4) is 0 Å². The molecule has 0 bridgehead atoms. The van der Waals surface area contributed by atoms with E-state index in [4.69, 9.17) is 23.2 Å². The van der Waals surface area contributed by atoms with Gasteiger partial charge in [-0.3, -0.25) is 14.6 Å². The number of likely N-dealkylation sites (tertiary alicyclic amines) is 1. The molecular weight excluding hydrogens is 369 g/mol. The molecule has 0 N–H and O–H groups in total. The lowest BCUT2D eigenvalue weighted by atomic mass is 9.93. The van der Waals surface area contributed by atoms with Crippen molar-refractivity contribution in [2.75, 3.05) is 57.3 Å². The number of rotatable bonds is 6. The van der Waals surface area contributed by atoms with Gasteiger partial charge in [-0.05, 0) is 69.9 Å². The van der Waals surface area contributed by atoms with Crippen molar-refractivity contribution in [1.29, 1.82) is 0 Å². The van der Waals surface area contributed by atoms with Gasteiger partial charge in [0.15, 0.2) is 0 Å². The summed E-state index contributed by atoms with van der Waals surface area (Å²) in [5.41, 5.74) is 1.16. The molecule has 0 aliphatic carbocycles. The van der Waals surface area contributed by atoms with Crippen LogP contribution in [0.4, 0.5) is 5.69 Å². The number of piperidine rings is 1. The first-order valence-corrected chi connectivity index (χ1v) is 10.4. The SMILES string of the molecule is CC(=O)CN1CCC(CCN2CCN(c3ccc(Cl)c(Cl)c3)CC2)CC1. The summed E-state index contributed by atoms with van der Waals surface area (Å²) in [6.07, 6.45) is 3.74. The number of hydrogen-bond donors (Lipinski definition) is 0. The summed E-state index contributed by atoms with van der Waals surface area (Å²) < 4.78 is 0. The van der Waals surface area contributed by atoms with Gasteiger partial charge < -0.3 is 4.90 Å². The zero-order chi connectivity index (χ0) is 18.5. The van der Waals surface area contributed by atoms with E-state index in [-0.39, 0.29) is 5.78 Å². The Morgan fingerprint density at radius 2 is 1.69 bits per heavy atom. The minimum Gasteiger partial charge on any atom is -0.369 e. The number of hydrogen-bond acceptors (Lipinski definition) is 4. The first-order chi connectivity index (χ1) is 12.5. The molecule has 6 heteroatoms. The summed E-state index contributed by atoms with van der Waals surface area (Å²) in [4.78, 5) is 18.5. The van der Waals surface area contributed by atoms with E-state index >= 15 is 0 Å². The molecule has 0 atom stereocenters. The van der Waals surface area contributed by atoms with E-state index in [0.717, 1.165) is 50.9 Å². The number of halogens is 2. The Bertz CT molecular complexity index is 609. The van der Waals surface area contributed by atoms with Crippen molar-refractivity contribution in [3.63, 3.8) is 0 Å². The molecule has 2 aliphatic heterocycles. The van der Waals surface area contributed by atoms with E-state index in [1.54, 1.807) is 6.92 Å². The molecule has 1 aromatic rings. The van der Waals surface area contributed by atoms with Gasteiger partial charge in [0.05, 0.1) is 16.6 Å². The van der Waals surface area contributed by atoms with Gasteiger partial charge in [0.2, 0.25) is 0 Å². The van der Waals surface area contributed by atoms with E-state index < -0.39 is 0 Å². The maximum absolute atomic E-state index is 11.2. The van der Waals surface area contributed by atoms with E-state index in [9.17, 15) is 4.79 Å². The molecule has 2 saturated heterocycles. The Morgan fingerprint density at radius 1 is 1.00 bits per heavy atom.